The maximum absolute atomic E-state index is 13.1. The number of carbonyl (C=O) groups excluding carboxylic acids is 1. The molecule has 1 amide bonds. The van der Waals surface area contributed by atoms with Gasteiger partial charge in [0.05, 0.1) is 4.90 Å². The molecular formula is C21H29FN6O3S. The number of hydrogen-bond acceptors (Lipinski definition) is 6. The molecule has 0 heterocycles. The summed E-state index contributed by atoms with van der Waals surface area (Å²) in [7, 11) is -3.86. The Bertz CT molecular complexity index is 1060. The molecule has 2 aromatic carbocycles. The number of benzene rings is 2. The number of guanidine groups is 1. The molecule has 9 nitrogen and oxygen atoms in total. The summed E-state index contributed by atoms with van der Waals surface area (Å²) in [6, 6.07) is 10.5. The minimum Gasteiger partial charge on any atom is -0.351 e. The van der Waals surface area contributed by atoms with Crippen molar-refractivity contribution in [2.24, 2.45) is 21.6 Å². The average molecular weight is 465 g/mol. The molecule has 0 saturated carbocycles. The van der Waals surface area contributed by atoms with Gasteiger partial charge < -0.3 is 16.8 Å². The Hall–Kier alpha value is -2.86. The normalized spacial score (nSPS) is 14.5. The summed E-state index contributed by atoms with van der Waals surface area (Å²) < 4.78 is 35.9. The fraction of sp³-hybridized carbons (Fsp3) is 0.333. The first-order valence-corrected chi connectivity index (χ1v) is 11.4. The third-order valence-corrected chi connectivity index (χ3v) is 5.19. The quantitative estimate of drug-likeness (QED) is 0.319. The lowest BCUT2D eigenvalue weighted by atomic mass is 10.0. The summed E-state index contributed by atoms with van der Waals surface area (Å²) >= 11 is 0. The molecule has 32 heavy (non-hydrogen) atoms. The Balaban J connectivity index is 2.16. The number of sulfonamides is 1. The number of halogens is 1. The Morgan fingerprint density at radius 2 is 1.62 bits per heavy atom. The molecule has 0 fully saturated rings. The maximum Gasteiger partial charge on any atom is 0.257 e. The highest BCUT2D eigenvalue weighted by Crippen LogP contribution is 2.16. The van der Waals surface area contributed by atoms with Crippen molar-refractivity contribution in [3.8, 4) is 0 Å². The molecule has 8 N–H and O–H groups in total. The van der Waals surface area contributed by atoms with E-state index in [1.807, 2.05) is 20.8 Å². The molecule has 2 atom stereocenters. The number of nitrogens with one attached hydrogen (secondary N) is 2. The van der Waals surface area contributed by atoms with E-state index in [9.17, 15) is 17.6 Å². The van der Waals surface area contributed by atoms with Crippen molar-refractivity contribution >= 4 is 21.9 Å². The molecule has 11 heteroatoms. The number of aliphatic imine (C=N–C) groups is 1. The van der Waals surface area contributed by atoms with E-state index in [-0.39, 0.29) is 28.7 Å². The lowest BCUT2D eigenvalue weighted by molar-refractivity contribution is 0.0975. The molecule has 2 aromatic rings. The fourth-order valence-electron chi connectivity index (χ4n) is 2.75. The third-order valence-electron chi connectivity index (χ3n) is 4.26. The highest BCUT2D eigenvalue weighted by molar-refractivity contribution is 7.89. The van der Waals surface area contributed by atoms with Crippen LogP contribution in [0.25, 0.3) is 0 Å². The molecule has 0 aliphatic heterocycles. The van der Waals surface area contributed by atoms with Gasteiger partial charge in [-0.1, -0.05) is 12.1 Å². The number of nitrogens with two attached hydrogens (primary N) is 3. The highest BCUT2D eigenvalue weighted by atomic mass is 32.2. The van der Waals surface area contributed by atoms with E-state index in [0.29, 0.717) is 5.56 Å². The predicted octanol–water partition coefficient (Wildman–Crippen LogP) is 1.32. The Labute approximate surface area is 187 Å². The van der Waals surface area contributed by atoms with Crippen LogP contribution in [-0.4, -0.2) is 32.0 Å². The molecule has 0 bridgehead atoms. The molecule has 0 saturated heterocycles. The SMILES string of the molecule is CC(C)(C)NC(=NC(N)CC(N)c1ccc(F)cc1)NC(=O)c1ccc(S(N)(=O)=O)cc1. The summed E-state index contributed by atoms with van der Waals surface area (Å²) in [6.45, 7) is 5.64. The monoisotopic (exact) mass is 464 g/mol. The van der Waals surface area contributed by atoms with Crippen LogP contribution in [0.3, 0.4) is 0 Å². The van der Waals surface area contributed by atoms with Crippen LogP contribution in [0.5, 0.6) is 0 Å². The maximum atomic E-state index is 13.1. The Kier molecular flexibility index (Phi) is 8.07. The van der Waals surface area contributed by atoms with Gasteiger partial charge in [0, 0.05) is 23.6 Å². The van der Waals surface area contributed by atoms with Crippen LogP contribution in [0.4, 0.5) is 4.39 Å². The number of nitrogens with zero attached hydrogens (tertiary/aromatic N) is 1. The third kappa shape index (κ3) is 8.00. The van der Waals surface area contributed by atoms with E-state index in [1.165, 1.54) is 36.4 Å². The van der Waals surface area contributed by atoms with E-state index in [0.717, 1.165) is 0 Å². The van der Waals surface area contributed by atoms with Crippen molar-refractivity contribution in [2.75, 3.05) is 0 Å². The number of hydrogen-bond donors (Lipinski definition) is 5. The zero-order valence-corrected chi connectivity index (χ0v) is 19.0. The minimum absolute atomic E-state index is 0.104. The van der Waals surface area contributed by atoms with Crippen LogP contribution >= 0.6 is 0 Å². The van der Waals surface area contributed by atoms with Gasteiger partial charge in [0.15, 0.2) is 5.96 Å². The molecule has 0 spiro atoms. The number of primary sulfonamides is 1. The second kappa shape index (κ2) is 10.2. The lowest BCUT2D eigenvalue weighted by Gasteiger charge is -2.25. The van der Waals surface area contributed by atoms with Crippen LogP contribution in [0.2, 0.25) is 0 Å². The average Bonchev–Trinajstić information content (AvgIpc) is 2.66. The molecule has 0 aliphatic carbocycles. The fourth-order valence-corrected chi connectivity index (χ4v) is 3.27. The second-order valence-corrected chi connectivity index (χ2v) is 9.90. The molecule has 2 rings (SSSR count). The van der Waals surface area contributed by atoms with Gasteiger partial charge in [-0.2, -0.15) is 0 Å². The van der Waals surface area contributed by atoms with Gasteiger partial charge in [-0.3, -0.25) is 10.1 Å². The van der Waals surface area contributed by atoms with Gasteiger partial charge in [-0.15, -0.1) is 0 Å². The zero-order chi connectivity index (χ0) is 24.1. The van der Waals surface area contributed by atoms with Crippen molar-refractivity contribution in [2.45, 2.75) is 49.8 Å². The van der Waals surface area contributed by atoms with Gasteiger partial charge in [0.1, 0.15) is 12.0 Å². The van der Waals surface area contributed by atoms with Crippen LogP contribution in [0, 0.1) is 5.82 Å². The molecule has 0 aliphatic rings. The lowest BCUT2D eigenvalue weighted by Crippen LogP contribution is -2.50. The van der Waals surface area contributed by atoms with E-state index in [4.69, 9.17) is 16.6 Å². The standard InChI is InChI=1S/C21H29FN6O3S/c1-21(2,3)28-20(26-18(24)12-17(23)13-4-8-15(22)9-5-13)27-19(29)14-6-10-16(11-7-14)32(25,30)31/h4-11,17-18H,12,23-24H2,1-3H3,(H2,25,30,31)(H2,26,27,28,29). The minimum atomic E-state index is -3.86. The number of amides is 1. The first-order chi connectivity index (χ1) is 14.7. The predicted molar refractivity (Wildman–Crippen MR) is 122 cm³/mol. The topological polar surface area (TPSA) is 166 Å². The van der Waals surface area contributed by atoms with E-state index < -0.39 is 33.7 Å². The van der Waals surface area contributed by atoms with Gasteiger partial charge in [-0.25, -0.2) is 22.9 Å². The molecule has 0 radical (unpaired) electrons. The first-order valence-electron chi connectivity index (χ1n) is 9.81. The summed E-state index contributed by atoms with van der Waals surface area (Å²) in [6.07, 6.45) is -0.509. The van der Waals surface area contributed by atoms with Gasteiger partial charge in [0.25, 0.3) is 5.91 Å². The molecule has 2 unspecified atom stereocenters. The number of carbonyl (C=O) groups is 1. The summed E-state index contributed by atoms with van der Waals surface area (Å²) in [5, 5.41) is 10.8. The molecular weight excluding hydrogens is 435 g/mol. The molecule has 174 valence electrons. The van der Waals surface area contributed by atoms with E-state index in [1.54, 1.807) is 12.1 Å². The number of rotatable bonds is 6. The van der Waals surface area contributed by atoms with E-state index >= 15 is 0 Å². The Morgan fingerprint density at radius 3 is 2.12 bits per heavy atom. The second-order valence-electron chi connectivity index (χ2n) is 8.34. The van der Waals surface area contributed by atoms with Crippen LogP contribution in [-0.2, 0) is 10.0 Å². The zero-order valence-electron chi connectivity index (χ0n) is 18.2. The Morgan fingerprint density at radius 1 is 1.06 bits per heavy atom. The molecule has 0 aromatic heterocycles. The summed E-state index contributed by atoms with van der Waals surface area (Å²) in [4.78, 5) is 16.9. The summed E-state index contributed by atoms with van der Waals surface area (Å²) in [5.74, 6) is -0.743. The van der Waals surface area contributed by atoms with Crippen LogP contribution in [0.1, 0.15) is 49.2 Å². The van der Waals surface area contributed by atoms with Crippen molar-refractivity contribution in [1.29, 1.82) is 0 Å². The van der Waals surface area contributed by atoms with Crippen molar-refractivity contribution in [1.82, 2.24) is 10.6 Å². The largest absolute Gasteiger partial charge is 0.351 e. The van der Waals surface area contributed by atoms with E-state index in [2.05, 4.69) is 15.6 Å². The van der Waals surface area contributed by atoms with Gasteiger partial charge in [-0.05, 0) is 62.7 Å². The van der Waals surface area contributed by atoms with Crippen molar-refractivity contribution < 1.29 is 17.6 Å². The highest BCUT2D eigenvalue weighted by Gasteiger charge is 2.19. The van der Waals surface area contributed by atoms with Crippen molar-refractivity contribution in [3.05, 3.63) is 65.5 Å². The first kappa shape index (κ1) is 25.4. The van der Waals surface area contributed by atoms with Gasteiger partial charge >= 0.3 is 0 Å². The van der Waals surface area contributed by atoms with Crippen LogP contribution < -0.4 is 27.2 Å². The van der Waals surface area contributed by atoms with Crippen LogP contribution in [0.15, 0.2) is 58.4 Å². The smallest absolute Gasteiger partial charge is 0.257 e. The van der Waals surface area contributed by atoms with Crippen molar-refractivity contribution in [3.63, 3.8) is 0 Å². The van der Waals surface area contributed by atoms with Gasteiger partial charge in [0.2, 0.25) is 10.0 Å². The summed E-state index contributed by atoms with van der Waals surface area (Å²) in [5.41, 5.74) is 12.8.